The molecule has 0 aromatic heterocycles. The molecule has 5 nitrogen and oxygen atoms in total. The SMILES string of the molecule is CC=Cc1ccc(OCC(=O)Nc2ccc(N3CCCC3)cc2C)c(OC)c1. The number of hydrogen-bond acceptors (Lipinski definition) is 4. The highest BCUT2D eigenvalue weighted by Crippen LogP contribution is 2.29. The third-order valence-corrected chi connectivity index (χ3v) is 4.86. The summed E-state index contributed by atoms with van der Waals surface area (Å²) in [5, 5.41) is 2.93. The maximum Gasteiger partial charge on any atom is 0.262 e. The Bertz CT molecular complexity index is 855. The number of amides is 1. The zero-order valence-electron chi connectivity index (χ0n) is 16.8. The standard InChI is InChI=1S/C23H28N2O3/c1-4-7-18-8-11-21(22(15-18)27-3)28-16-23(26)24-20-10-9-19(14-17(20)2)25-12-5-6-13-25/h4,7-11,14-15H,5-6,12-13,16H2,1-3H3,(H,24,26). The molecule has 0 saturated carbocycles. The molecule has 1 fully saturated rings. The second-order valence-corrected chi connectivity index (χ2v) is 6.94. The number of carbonyl (C=O) groups excluding carboxylic acids is 1. The van der Waals surface area contributed by atoms with Gasteiger partial charge in [0.1, 0.15) is 0 Å². The van der Waals surface area contributed by atoms with Crippen molar-refractivity contribution in [3.63, 3.8) is 0 Å². The summed E-state index contributed by atoms with van der Waals surface area (Å²) in [6.45, 7) is 6.11. The minimum atomic E-state index is -0.198. The maximum absolute atomic E-state index is 12.3. The second-order valence-electron chi connectivity index (χ2n) is 6.94. The van der Waals surface area contributed by atoms with Crippen molar-refractivity contribution >= 4 is 23.4 Å². The minimum absolute atomic E-state index is 0.0767. The molecule has 1 aliphatic rings. The van der Waals surface area contributed by atoms with Crippen LogP contribution in [0.15, 0.2) is 42.5 Å². The number of carbonyl (C=O) groups is 1. The highest BCUT2D eigenvalue weighted by Gasteiger charge is 2.14. The lowest BCUT2D eigenvalue weighted by atomic mass is 10.1. The van der Waals surface area contributed by atoms with Crippen LogP contribution in [0.25, 0.3) is 6.08 Å². The van der Waals surface area contributed by atoms with Crippen LogP contribution in [0.4, 0.5) is 11.4 Å². The lowest BCUT2D eigenvalue weighted by Crippen LogP contribution is -2.21. The fourth-order valence-electron chi connectivity index (χ4n) is 3.39. The molecule has 0 aliphatic carbocycles. The Hall–Kier alpha value is -2.95. The molecule has 2 aromatic rings. The lowest BCUT2D eigenvalue weighted by Gasteiger charge is -2.19. The van der Waals surface area contributed by atoms with Gasteiger partial charge >= 0.3 is 0 Å². The first-order chi connectivity index (χ1) is 13.6. The Balaban J connectivity index is 1.60. The van der Waals surface area contributed by atoms with Crippen molar-refractivity contribution in [1.29, 1.82) is 0 Å². The quantitative estimate of drug-likeness (QED) is 0.759. The van der Waals surface area contributed by atoms with Crippen LogP contribution >= 0.6 is 0 Å². The second kappa shape index (κ2) is 9.31. The molecule has 28 heavy (non-hydrogen) atoms. The van der Waals surface area contributed by atoms with E-state index in [-0.39, 0.29) is 12.5 Å². The van der Waals surface area contributed by atoms with E-state index in [1.54, 1.807) is 7.11 Å². The predicted octanol–water partition coefficient (Wildman–Crippen LogP) is 4.65. The number of aryl methyl sites for hydroxylation is 1. The number of hydrogen-bond donors (Lipinski definition) is 1. The van der Waals surface area contributed by atoms with E-state index in [2.05, 4.69) is 22.3 Å². The van der Waals surface area contributed by atoms with E-state index >= 15 is 0 Å². The van der Waals surface area contributed by atoms with Gasteiger partial charge in [-0.1, -0.05) is 18.2 Å². The molecule has 0 bridgehead atoms. The highest BCUT2D eigenvalue weighted by atomic mass is 16.5. The van der Waals surface area contributed by atoms with E-state index in [0.29, 0.717) is 11.5 Å². The van der Waals surface area contributed by atoms with E-state index in [1.807, 2.05) is 50.3 Å². The number of rotatable bonds is 7. The smallest absolute Gasteiger partial charge is 0.262 e. The fourth-order valence-corrected chi connectivity index (χ4v) is 3.39. The summed E-state index contributed by atoms with van der Waals surface area (Å²) < 4.78 is 11.0. The van der Waals surface area contributed by atoms with Crippen molar-refractivity contribution in [1.82, 2.24) is 0 Å². The summed E-state index contributed by atoms with van der Waals surface area (Å²) in [6, 6.07) is 11.8. The molecule has 0 unspecified atom stereocenters. The summed E-state index contributed by atoms with van der Waals surface area (Å²) in [7, 11) is 1.59. The highest BCUT2D eigenvalue weighted by molar-refractivity contribution is 5.93. The van der Waals surface area contributed by atoms with Crippen LogP contribution in [0, 0.1) is 6.92 Å². The Labute approximate surface area is 167 Å². The molecule has 1 heterocycles. The monoisotopic (exact) mass is 380 g/mol. The third-order valence-electron chi connectivity index (χ3n) is 4.86. The van der Waals surface area contributed by atoms with Crippen molar-refractivity contribution in [2.75, 3.05) is 37.0 Å². The largest absolute Gasteiger partial charge is 0.493 e. The van der Waals surface area contributed by atoms with Crippen molar-refractivity contribution in [3.8, 4) is 11.5 Å². The van der Waals surface area contributed by atoms with E-state index in [0.717, 1.165) is 29.9 Å². The molecule has 1 saturated heterocycles. The van der Waals surface area contributed by atoms with Crippen LogP contribution in [0.1, 0.15) is 30.9 Å². The van der Waals surface area contributed by atoms with Gasteiger partial charge in [0, 0.05) is 24.5 Å². The Kier molecular flexibility index (Phi) is 6.58. The molecule has 0 radical (unpaired) electrons. The van der Waals surface area contributed by atoms with Crippen molar-refractivity contribution in [2.24, 2.45) is 0 Å². The van der Waals surface area contributed by atoms with Crippen molar-refractivity contribution in [3.05, 3.63) is 53.6 Å². The number of allylic oxidation sites excluding steroid dienone is 1. The first-order valence-corrected chi connectivity index (χ1v) is 9.69. The summed E-state index contributed by atoms with van der Waals surface area (Å²) in [6.07, 6.45) is 6.43. The average molecular weight is 380 g/mol. The first kappa shape index (κ1) is 19.8. The molecule has 1 aliphatic heterocycles. The lowest BCUT2D eigenvalue weighted by molar-refractivity contribution is -0.118. The maximum atomic E-state index is 12.3. The zero-order valence-corrected chi connectivity index (χ0v) is 16.8. The van der Waals surface area contributed by atoms with Gasteiger partial charge in [-0.3, -0.25) is 4.79 Å². The molecular formula is C23H28N2O3. The van der Waals surface area contributed by atoms with Gasteiger partial charge in [0.15, 0.2) is 18.1 Å². The minimum Gasteiger partial charge on any atom is -0.493 e. The molecule has 5 heteroatoms. The molecular weight excluding hydrogens is 352 g/mol. The summed E-state index contributed by atoms with van der Waals surface area (Å²) in [5.74, 6) is 0.957. The number of anilines is 2. The average Bonchev–Trinajstić information content (AvgIpc) is 3.23. The molecule has 3 rings (SSSR count). The summed E-state index contributed by atoms with van der Waals surface area (Å²) in [4.78, 5) is 14.7. The molecule has 2 aromatic carbocycles. The van der Waals surface area contributed by atoms with Gasteiger partial charge in [-0.2, -0.15) is 0 Å². The van der Waals surface area contributed by atoms with E-state index < -0.39 is 0 Å². The predicted molar refractivity (Wildman–Crippen MR) is 114 cm³/mol. The van der Waals surface area contributed by atoms with Crippen LogP contribution in [0.2, 0.25) is 0 Å². The van der Waals surface area contributed by atoms with Gasteiger partial charge in [0.25, 0.3) is 5.91 Å². The number of methoxy groups -OCH3 is 1. The van der Waals surface area contributed by atoms with Gasteiger partial charge in [0.2, 0.25) is 0 Å². The fraction of sp³-hybridized carbons (Fsp3) is 0.348. The van der Waals surface area contributed by atoms with Gasteiger partial charge < -0.3 is 19.7 Å². The molecule has 148 valence electrons. The molecule has 0 spiro atoms. The van der Waals surface area contributed by atoms with Crippen molar-refractivity contribution < 1.29 is 14.3 Å². The van der Waals surface area contributed by atoms with Crippen LogP contribution < -0.4 is 19.7 Å². The number of benzene rings is 2. The van der Waals surface area contributed by atoms with E-state index in [4.69, 9.17) is 9.47 Å². The van der Waals surface area contributed by atoms with E-state index in [9.17, 15) is 4.79 Å². The molecule has 0 atom stereocenters. The van der Waals surface area contributed by atoms with Crippen LogP contribution in [-0.4, -0.2) is 32.7 Å². The third kappa shape index (κ3) is 4.85. The normalized spacial score (nSPS) is 13.8. The van der Waals surface area contributed by atoms with Crippen LogP contribution in [0.3, 0.4) is 0 Å². The number of nitrogens with one attached hydrogen (secondary N) is 1. The first-order valence-electron chi connectivity index (χ1n) is 9.69. The van der Waals surface area contributed by atoms with Gasteiger partial charge in [0.05, 0.1) is 7.11 Å². The Morgan fingerprint density at radius 3 is 2.61 bits per heavy atom. The van der Waals surface area contributed by atoms with Gasteiger partial charge in [-0.15, -0.1) is 0 Å². The topological polar surface area (TPSA) is 50.8 Å². The van der Waals surface area contributed by atoms with E-state index in [1.165, 1.54) is 18.5 Å². The summed E-state index contributed by atoms with van der Waals surface area (Å²) in [5.41, 5.74) is 4.10. The zero-order chi connectivity index (χ0) is 19.9. The molecule has 1 amide bonds. The van der Waals surface area contributed by atoms with Crippen LogP contribution in [-0.2, 0) is 4.79 Å². The number of nitrogens with zero attached hydrogens (tertiary/aromatic N) is 1. The van der Waals surface area contributed by atoms with Crippen LogP contribution in [0.5, 0.6) is 11.5 Å². The number of ether oxygens (including phenoxy) is 2. The summed E-state index contributed by atoms with van der Waals surface area (Å²) >= 11 is 0. The Morgan fingerprint density at radius 1 is 1.14 bits per heavy atom. The van der Waals surface area contributed by atoms with Gasteiger partial charge in [-0.05, 0) is 68.1 Å². The molecule has 1 N–H and O–H groups in total. The van der Waals surface area contributed by atoms with Gasteiger partial charge in [-0.25, -0.2) is 0 Å². The van der Waals surface area contributed by atoms with Crippen molar-refractivity contribution in [2.45, 2.75) is 26.7 Å². The Morgan fingerprint density at radius 2 is 1.93 bits per heavy atom.